The van der Waals surface area contributed by atoms with Crippen molar-refractivity contribution in [3.63, 3.8) is 0 Å². The number of aliphatic carboxylic acids is 1. The highest BCUT2D eigenvalue weighted by Crippen LogP contribution is 2.26. The molecular formula is C15H19F2NO3. The average molecular weight is 299 g/mol. The summed E-state index contributed by atoms with van der Waals surface area (Å²) in [6.45, 7) is -0.621. The van der Waals surface area contributed by atoms with Crippen molar-refractivity contribution in [2.24, 2.45) is 5.92 Å². The number of halogens is 2. The fourth-order valence-electron chi connectivity index (χ4n) is 2.71. The van der Waals surface area contributed by atoms with E-state index >= 15 is 0 Å². The van der Waals surface area contributed by atoms with Crippen LogP contribution in [0, 0.1) is 5.92 Å². The fraction of sp³-hybridized carbons (Fsp3) is 0.533. The third-order valence-electron chi connectivity index (χ3n) is 3.72. The van der Waals surface area contributed by atoms with Gasteiger partial charge < -0.3 is 9.84 Å². The van der Waals surface area contributed by atoms with Crippen LogP contribution in [0.25, 0.3) is 0 Å². The van der Waals surface area contributed by atoms with Crippen LogP contribution in [0.5, 0.6) is 5.75 Å². The van der Waals surface area contributed by atoms with Gasteiger partial charge in [0.2, 0.25) is 0 Å². The maximum absolute atomic E-state index is 12.4. The van der Waals surface area contributed by atoms with Gasteiger partial charge in [0, 0.05) is 25.1 Å². The Labute approximate surface area is 122 Å². The van der Waals surface area contributed by atoms with Crippen LogP contribution >= 0.6 is 0 Å². The Hall–Kier alpha value is -1.69. The Balaban J connectivity index is 1.89. The molecule has 0 amide bonds. The van der Waals surface area contributed by atoms with E-state index in [1.807, 2.05) is 0 Å². The molecule has 1 atom stereocenters. The topological polar surface area (TPSA) is 49.8 Å². The second kappa shape index (κ2) is 7.36. The summed E-state index contributed by atoms with van der Waals surface area (Å²) in [5.41, 5.74) is 0.733. The molecule has 1 aliphatic heterocycles. The summed E-state index contributed by atoms with van der Waals surface area (Å²) in [5.74, 6) is -0.199. The van der Waals surface area contributed by atoms with Gasteiger partial charge in [-0.25, -0.2) is 0 Å². The highest BCUT2D eigenvalue weighted by Gasteiger charge is 2.23. The molecule has 6 heteroatoms. The molecule has 1 aliphatic rings. The Kier molecular flexibility index (Phi) is 5.50. The van der Waals surface area contributed by atoms with Crippen LogP contribution in [0.3, 0.4) is 0 Å². The SMILES string of the molecule is O=C(O)CCC1CCN(Cc2ccccc2OC(F)F)C1. The highest BCUT2D eigenvalue weighted by molar-refractivity contribution is 5.66. The Morgan fingerprint density at radius 2 is 2.19 bits per heavy atom. The number of alkyl halides is 2. The monoisotopic (exact) mass is 299 g/mol. The Morgan fingerprint density at radius 1 is 1.43 bits per heavy atom. The predicted molar refractivity (Wildman–Crippen MR) is 73.3 cm³/mol. The number of para-hydroxylation sites is 1. The van der Waals surface area contributed by atoms with E-state index in [2.05, 4.69) is 9.64 Å². The lowest BCUT2D eigenvalue weighted by Gasteiger charge is -2.18. The molecule has 1 aromatic carbocycles. The summed E-state index contributed by atoms with van der Waals surface area (Å²) in [4.78, 5) is 12.7. The van der Waals surface area contributed by atoms with Crippen molar-refractivity contribution in [2.75, 3.05) is 13.1 Å². The molecule has 1 heterocycles. The van der Waals surface area contributed by atoms with Crippen LogP contribution < -0.4 is 4.74 Å². The van der Waals surface area contributed by atoms with E-state index in [-0.39, 0.29) is 12.2 Å². The van der Waals surface area contributed by atoms with Crippen molar-refractivity contribution >= 4 is 5.97 Å². The van der Waals surface area contributed by atoms with E-state index in [0.717, 1.165) is 25.1 Å². The van der Waals surface area contributed by atoms with Crippen LogP contribution in [0.1, 0.15) is 24.8 Å². The lowest BCUT2D eigenvalue weighted by molar-refractivity contribution is -0.137. The highest BCUT2D eigenvalue weighted by atomic mass is 19.3. The minimum atomic E-state index is -2.83. The van der Waals surface area contributed by atoms with Crippen molar-refractivity contribution < 1.29 is 23.4 Å². The number of ether oxygens (including phenoxy) is 1. The van der Waals surface area contributed by atoms with Crippen LogP contribution in [0.4, 0.5) is 8.78 Å². The number of nitrogens with zero attached hydrogens (tertiary/aromatic N) is 1. The lowest BCUT2D eigenvalue weighted by Crippen LogP contribution is -2.21. The third kappa shape index (κ3) is 4.97. The smallest absolute Gasteiger partial charge is 0.387 e. The second-order valence-electron chi connectivity index (χ2n) is 5.31. The quantitative estimate of drug-likeness (QED) is 0.841. The minimum Gasteiger partial charge on any atom is -0.481 e. The van der Waals surface area contributed by atoms with Gasteiger partial charge in [-0.15, -0.1) is 0 Å². The number of hydrogen-bond donors (Lipinski definition) is 1. The van der Waals surface area contributed by atoms with Crippen molar-refractivity contribution in [2.45, 2.75) is 32.4 Å². The van der Waals surface area contributed by atoms with E-state index in [1.165, 1.54) is 0 Å². The Bertz CT molecular complexity index is 482. The van der Waals surface area contributed by atoms with Gasteiger partial charge in [0.05, 0.1) is 0 Å². The third-order valence-corrected chi connectivity index (χ3v) is 3.72. The van der Waals surface area contributed by atoms with Gasteiger partial charge in [-0.05, 0) is 31.4 Å². The van der Waals surface area contributed by atoms with E-state index in [1.54, 1.807) is 24.3 Å². The molecule has 0 saturated carbocycles. The van der Waals surface area contributed by atoms with E-state index < -0.39 is 12.6 Å². The molecule has 0 spiro atoms. The molecule has 1 unspecified atom stereocenters. The Morgan fingerprint density at radius 3 is 2.90 bits per heavy atom. The number of benzene rings is 1. The number of rotatable bonds is 7. The largest absolute Gasteiger partial charge is 0.481 e. The minimum absolute atomic E-state index is 0.184. The standard InChI is InChI=1S/C15H19F2NO3/c16-15(17)21-13-4-2-1-3-12(13)10-18-8-7-11(9-18)5-6-14(19)20/h1-4,11,15H,5-10H2,(H,19,20). The van der Waals surface area contributed by atoms with Gasteiger partial charge in [0.25, 0.3) is 0 Å². The van der Waals surface area contributed by atoms with Crippen LogP contribution in [0.15, 0.2) is 24.3 Å². The van der Waals surface area contributed by atoms with Gasteiger partial charge in [0.15, 0.2) is 0 Å². The molecule has 1 N–H and O–H groups in total. The van der Waals surface area contributed by atoms with E-state index in [9.17, 15) is 13.6 Å². The lowest BCUT2D eigenvalue weighted by atomic mass is 10.0. The first-order chi connectivity index (χ1) is 10.0. The molecule has 0 aromatic heterocycles. The molecule has 21 heavy (non-hydrogen) atoms. The number of hydrogen-bond acceptors (Lipinski definition) is 3. The molecule has 2 rings (SSSR count). The molecule has 0 aliphatic carbocycles. The van der Waals surface area contributed by atoms with Gasteiger partial charge >= 0.3 is 12.6 Å². The summed E-state index contributed by atoms with van der Waals surface area (Å²) in [6, 6.07) is 6.79. The maximum atomic E-state index is 12.4. The molecule has 116 valence electrons. The molecule has 0 radical (unpaired) electrons. The zero-order valence-corrected chi connectivity index (χ0v) is 11.7. The van der Waals surface area contributed by atoms with Gasteiger partial charge in [0.1, 0.15) is 5.75 Å². The first-order valence-electron chi connectivity index (χ1n) is 7.01. The summed E-state index contributed by atoms with van der Waals surface area (Å²) in [7, 11) is 0. The number of carboxylic acid groups (broad SMARTS) is 1. The summed E-state index contributed by atoms with van der Waals surface area (Å²) < 4.78 is 29.2. The van der Waals surface area contributed by atoms with Crippen LogP contribution in [-0.4, -0.2) is 35.7 Å². The van der Waals surface area contributed by atoms with Crippen LogP contribution in [-0.2, 0) is 11.3 Å². The zero-order chi connectivity index (χ0) is 15.2. The summed E-state index contributed by atoms with van der Waals surface area (Å²) >= 11 is 0. The normalized spacial score (nSPS) is 19.1. The van der Waals surface area contributed by atoms with Crippen molar-refractivity contribution in [1.82, 2.24) is 4.90 Å². The number of likely N-dealkylation sites (tertiary alicyclic amines) is 1. The summed E-state index contributed by atoms with van der Waals surface area (Å²) in [6.07, 6.45) is 1.80. The molecule has 1 saturated heterocycles. The summed E-state index contributed by atoms with van der Waals surface area (Å²) in [5, 5.41) is 8.69. The van der Waals surface area contributed by atoms with Crippen LogP contribution in [0.2, 0.25) is 0 Å². The fourth-order valence-corrected chi connectivity index (χ4v) is 2.71. The maximum Gasteiger partial charge on any atom is 0.387 e. The number of carboxylic acids is 1. The van der Waals surface area contributed by atoms with E-state index in [0.29, 0.717) is 18.9 Å². The van der Waals surface area contributed by atoms with Gasteiger partial charge in [-0.2, -0.15) is 8.78 Å². The van der Waals surface area contributed by atoms with E-state index in [4.69, 9.17) is 5.11 Å². The molecule has 1 aromatic rings. The first-order valence-corrected chi connectivity index (χ1v) is 7.01. The molecule has 0 bridgehead atoms. The first kappa shape index (κ1) is 15.7. The second-order valence-corrected chi connectivity index (χ2v) is 5.31. The molecule has 4 nitrogen and oxygen atoms in total. The molecule has 1 fully saturated rings. The van der Waals surface area contributed by atoms with Gasteiger partial charge in [-0.3, -0.25) is 9.69 Å². The molecular weight excluding hydrogens is 280 g/mol. The van der Waals surface area contributed by atoms with Crippen molar-refractivity contribution in [1.29, 1.82) is 0 Å². The average Bonchev–Trinajstić information content (AvgIpc) is 2.86. The van der Waals surface area contributed by atoms with Crippen molar-refractivity contribution in [3.8, 4) is 5.75 Å². The van der Waals surface area contributed by atoms with Gasteiger partial charge in [-0.1, -0.05) is 18.2 Å². The predicted octanol–water partition coefficient (Wildman–Crippen LogP) is 2.97. The zero-order valence-electron chi connectivity index (χ0n) is 11.7. The number of carbonyl (C=O) groups is 1. The van der Waals surface area contributed by atoms with Crippen molar-refractivity contribution in [3.05, 3.63) is 29.8 Å².